The minimum absolute atomic E-state index is 0.267. The Labute approximate surface area is 128 Å². The molecule has 1 aromatic carbocycles. The Kier molecular flexibility index (Phi) is 4.09. The van der Waals surface area contributed by atoms with Gasteiger partial charge in [-0.05, 0) is 36.8 Å². The van der Waals surface area contributed by atoms with Gasteiger partial charge in [-0.15, -0.1) is 0 Å². The molecule has 1 aliphatic heterocycles. The van der Waals surface area contributed by atoms with Crippen molar-refractivity contribution in [2.45, 2.75) is 13.5 Å². The average molecular weight is 300 g/mol. The second kappa shape index (κ2) is 6.34. The Hall–Kier alpha value is -2.76. The first-order valence-electron chi connectivity index (χ1n) is 7.02. The summed E-state index contributed by atoms with van der Waals surface area (Å²) < 4.78 is 15.5. The summed E-state index contributed by atoms with van der Waals surface area (Å²) in [6.07, 6.45) is 1.50. The first-order chi connectivity index (χ1) is 10.8. The van der Waals surface area contributed by atoms with Crippen LogP contribution in [-0.4, -0.2) is 24.4 Å². The highest BCUT2D eigenvalue weighted by Crippen LogP contribution is 2.32. The molecular formula is C16H16N2O4. The summed E-state index contributed by atoms with van der Waals surface area (Å²) in [5.74, 6) is 1.84. The maximum atomic E-state index is 11.5. The standard InChI is InChI=1S/C16H16N2O4/c1-2-20-16(19)12-4-6-15(18-9-12)17-8-11-3-5-13-14(7-11)22-10-21-13/h3-7,9H,2,8,10H2,1H3,(H,17,18). The number of fused-ring (bicyclic) bond motifs is 1. The molecule has 0 aliphatic carbocycles. The second-order valence-corrected chi connectivity index (χ2v) is 4.69. The van der Waals surface area contributed by atoms with E-state index in [0.717, 1.165) is 17.1 Å². The first-order valence-corrected chi connectivity index (χ1v) is 7.02. The van der Waals surface area contributed by atoms with Crippen molar-refractivity contribution in [1.29, 1.82) is 0 Å². The van der Waals surface area contributed by atoms with Crippen molar-refractivity contribution in [2.24, 2.45) is 0 Å². The number of nitrogens with one attached hydrogen (secondary N) is 1. The van der Waals surface area contributed by atoms with E-state index >= 15 is 0 Å². The monoisotopic (exact) mass is 300 g/mol. The number of hydrogen-bond donors (Lipinski definition) is 1. The molecule has 0 saturated heterocycles. The van der Waals surface area contributed by atoms with Crippen LogP contribution in [0, 0.1) is 0 Å². The number of pyridine rings is 1. The zero-order valence-electron chi connectivity index (χ0n) is 12.2. The maximum absolute atomic E-state index is 11.5. The zero-order valence-corrected chi connectivity index (χ0v) is 12.2. The van der Waals surface area contributed by atoms with Crippen LogP contribution in [0.3, 0.4) is 0 Å². The van der Waals surface area contributed by atoms with Gasteiger partial charge in [-0.1, -0.05) is 6.07 Å². The topological polar surface area (TPSA) is 69.7 Å². The number of carbonyl (C=O) groups is 1. The Morgan fingerprint density at radius 2 is 2.14 bits per heavy atom. The van der Waals surface area contributed by atoms with Crippen LogP contribution in [-0.2, 0) is 11.3 Å². The Balaban J connectivity index is 1.60. The van der Waals surface area contributed by atoms with E-state index in [1.807, 2.05) is 18.2 Å². The van der Waals surface area contributed by atoms with E-state index in [1.165, 1.54) is 6.20 Å². The molecule has 1 N–H and O–H groups in total. The average Bonchev–Trinajstić information content (AvgIpc) is 3.01. The van der Waals surface area contributed by atoms with Gasteiger partial charge in [0.05, 0.1) is 12.2 Å². The number of benzene rings is 1. The highest BCUT2D eigenvalue weighted by molar-refractivity contribution is 5.89. The molecule has 114 valence electrons. The molecule has 6 nitrogen and oxygen atoms in total. The van der Waals surface area contributed by atoms with Gasteiger partial charge in [0.2, 0.25) is 6.79 Å². The third-order valence-electron chi connectivity index (χ3n) is 3.19. The van der Waals surface area contributed by atoms with Gasteiger partial charge in [0, 0.05) is 12.7 Å². The van der Waals surface area contributed by atoms with Gasteiger partial charge in [0.15, 0.2) is 11.5 Å². The molecule has 2 aromatic rings. The van der Waals surface area contributed by atoms with Crippen LogP contribution in [0.25, 0.3) is 0 Å². The van der Waals surface area contributed by atoms with Gasteiger partial charge < -0.3 is 19.5 Å². The van der Waals surface area contributed by atoms with Gasteiger partial charge in [-0.25, -0.2) is 9.78 Å². The molecule has 0 spiro atoms. The molecular weight excluding hydrogens is 284 g/mol. The lowest BCUT2D eigenvalue weighted by molar-refractivity contribution is 0.0526. The summed E-state index contributed by atoms with van der Waals surface area (Å²) in [6.45, 7) is 2.99. The Morgan fingerprint density at radius 3 is 2.91 bits per heavy atom. The van der Waals surface area contributed by atoms with E-state index in [2.05, 4.69) is 10.3 Å². The van der Waals surface area contributed by atoms with Crippen molar-refractivity contribution in [3.8, 4) is 11.5 Å². The number of anilines is 1. The molecule has 3 rings (SSSR count). The fourth-order valence-electron chi connectivity index (χ4n) is 2.08. The molecule has 0 unspecified atom stereocenters. The summed E-state index contributed by atoms with van der Waals surface area (Å²) >= 11 is 0. The van der Waals surface area contributed by atoms with Gasteiger partial charge >= 0.3 is 5.97 Å². The van der Waals surface area contributed by atoms with Crippen LogP contribution in [0.4, 0.5) is 5.82 Å². The predicted octanol–water partition coefficient (Wildman–Crippen LogP) is 2.60. The van der Waals surface area contributed by atoms with Crippen molar-refractivity contribution in [2.75, 3.05) is 18.7 Å². The minimum atomic E-state index is -0.364. The molecule has 1 aromatic heterocycles. The summed E-state index contributed by atoms with van der Waals surface area (Å²) in [5.41, 5.74) is 1.50. The third-order valence-corrected chi connectivity index (χ3v) is 3.19. The molecule has 0 bridgehead atoms. The molecule has 0 saturated carbocycles. The largest absolute Gasteiger partial charge is 0.462 e. The second-order valence-electron chi connectivity index (χ2n) is 4.69. The molecule has 2 heterocycles. The summed E-state index contributed by atoms with van der Waals surface area (Å²) in [5, 5.41) is 3.19. The molecule has 0 amide bonds. The third kappa shape index (κ3) is 3.11. The summed E-state index contributed by atoms with van der Waals surface area (Å²) in [6, 6.07) is 9.22. The van der Waals surface area contributed by atoms with Crippen molar-refractivity contribution in [1.82, 2.24) is 4.98 Å². The lowest BCUT2D eigenvalue weighted by atomic mass is 10.2. The Bertz CT molecular complexity index is 670. The van der Waals surface area contributed by atoms with Crippen LogP contribution >= 0.6 is 0 Å². The predicted molar refractivity (Wildman–Crippen MR) is 80.1 cm³/mol. The van der Waals surface area contributed by atoms with Crippen LogP contribution in [0.5, 0.6) is 11.5 Å². The van der Waals surface area contributed by atoms with E-state index in [4.69, 9.17) is 14.2 Å². The van der Waals surface area contributed by atoms with Crippen LogP contribution in [0.15, 0.2) is 36.5 Å². The highest BCUT2D eigenvalue weighted by Gasteiger charge is 2.13. The fourth-order valence-corrected chi connectivity index (χ4v) is 2.08. The summed E-state index contributed by atoms with van der Waals surface area (Å²) in [7, 11) is 0. The molecule has 0 atom stereocenters. The van der Waals surface area contributed by atoms with Gasteiger partial charge in [-0.3, -0.25) is 0 Å². The molecule has 1 aliphatic rings. The lowest BCUT2D eigenvalue weighted by Gasteiger charge is -2.07. The first kappa shape index (κ1) is 14.2. The number of carbonyl (C=O) groups excluding carboxylic acids is 1. The van der Waals surface area contributed by atoms with Crippen molar-refractivity contribution >= 4 is 11.8 Å². The van der Waals surface area contributed by atoms with Gasteiger partial charge in [0.25, 0.3) is 0 Å². The SMILES string of the molecule is CCOC(=O)c1ccc(NCc2ccc3c(c2)OCO3)nc1. The number of rotatable bonds is 5. The van der Waals surface area contributed by atoms with Crippen LogP contribution < -0.4 is 14.8 Å². The van der Waals surface area contributed by atoms with E-state index in [0.29, 0.717) is 24.5 Å². The fraction of sp³-hybridized carbons (Fsp3) is 0.250. The molecule has 0 fully saturated rings. The minimum Gasteiger partial charge on any atom is -0.462 e. The normalized spacial score (nSPS) is 12.0. The number of ether oxygens (including phenoxy) is 3. The quantitative estimate of drug-likeness (QED) is 0.856. The van der Waals surface area contributed by atoms with Crippen LogP contribution in [0.1, 0.15) is 22.8 Å². The van der Waals surface area contributed by atoms with E-state index in [1.54, 1.807) is 19.1 Å². The van der Waals surface area contributed by atoms with Gasteiger partial charge in [-0.2, -0.15) is 0 Å². The Morgan fingerprint density at radius 1 is 1.27 bits per heavy atom. The summed E-state index contributed by atoms with van der Waals surface area (Å²) in [4.78, 5) is 15.7. The zero-order chi connectivity index (χ0) is 15.4. The van der Waals surface area contributed by atoms with E-state index in [-0.39, 0.29) is 12.8 Å². The lowest BCUT2D eigenvalue weighted by Crippen LogP contribution is -2.06. The number of hydrogen-bond acceptors (Lipinski definition) is 6. The van der Waals surface area contributed by atoms with Crippen molar-refractivity contribution in [3.63, 3.8) is 0 Å². The van der Waals surface area contributed by atoms with Crippen molar-refractivity contribution in [3.05, 3.63) is 47.7 Å². The molecule has 0 radical (unpaired) electrons. The van der Waals surface area contributed by atoms with E-state index < -0.39 is 0 Å². The smallest absolute Gasteiger partial charge is 0.339 e. The molecule has 6 heteroatoms. The van der Waals surface area contributed by atoms with Crippen LogP contribution in [0.2, 0.25) is 0 Å². The molecule has 22 heavy (non-hydrogen) atoms. The van der Waals surface area contributed by atoms with Gasteiger partial charge in [0.1, 0.15) is 5.82 Å². The number of aromatic nitrogens is 1. The maximum Gasteiger partial charge on any atom is 0.339 e. The van der Waals surface area contributed by atoms with E-state index in [9.17, 15) is 4.79 Å². The number of esters is 1. The number of nitrogens with zero attached hydrogens (tertiary/aromatic N) is 1. The highest BCUT2D eigenvalue weighted by atomic mass is 16.7. The van der Waals surface area contributed by atoms with Crippen molar-refractivity contribution < 1.29 is 19.0 Å².